The topological polar surface area (TPSA) is 49.3 Å². The second kappa shape index (κ2) is 7.52. The third kappa shape index (κ3) is 4.00. The molecular weight excluding hydrogens is 380 g/mol. The van der Waals surface area contributed by atoms with Crippen LogP contribution in [0.4, 0.5) is 5.82 Å². The lowest BCUT2D eigenvalue weighted by Crippen LogP contribution is -2.49. The molecule has 0 atom stereocenters. The highest BCUT2D eigenvalue weighted by atomic mass is 79.9. The van der Waals surface area contributed by atoms with Crippen molar-refractivity contribution in [2.24, 2.45) is 0 Å². The molecule has 1 fully saturated rings. The first-order valence-electron chi connectivity index (χ1n) is 8.60. The Hall–Kier alpha value is -1.95. The Balaban J connectivity index is 1.70. The number of aryl methyl sites for hydroxylation is 1. The van der Waals surface area contributed by atoms with Crippen molar-refractivity contribution in [3.63, 3.8) is 0 Å². The van der Waals surface area contributed by atoms with Gasteiger partial charge in [0.1, 0.15) is 11.6 Å². The van der Waals surface area contributed by atoms with Gasteiger partial charge in [-0.1, -0.05) is 26.0 Å². The van der Waals surface area contributed by atoms with Crippen molar-refractivity contribution in [2.45, 2.75) is 26.7 Å². The van der Waals surface area contributed by atoms with Gasteiger partial charge in [-0.2, -0.15) is 0 Å². The highest BCUT2D eigenvalue weighted by Crippen LogP contribution is 2.21. The second-order valence-corrected chi connectivity index (χ2v) is 7.49. The number of anilines is 1. The first-order valence-corrected chi connectivity index (χ1v) is 9.39. The van der Waals surface area contributed by atoms with Crippen LogP contribution in [0.3, 0.4) is 0 Å². The van der Waals surface area contributed by atoms with Crippen LogP contribution in [0.25, 0.3) is 0 Å². The zero-order chi connectivity index (χ0) is 18.0. The van der Waals surface area contributed by atoms with Crippen LogP contribution in [0.5, 0.6) is 0 Å². The summed E-state index contributed by atoms with van der Waals surface area (Å²) in [5, 5.41) is 0. The lowest BCUT2D eigenvalue weighted by atomic mass is 10.1. The van der Waals surface area contributed by atoms with Gasteiger partial charge in [-0.3, -0.25) is 4.79 Å². The van der Waals surface area contributed by atoms with Crippen molar-refractivity contribution in [1.29, 1.82) is 0 Å². The quantitative estimate of drug-likeness (QED) is 0.786. The predicted molar refractivity (Wildman–Crippen MR) is 103 cm³/mol. The Morgan fingerprint density at radius 2 is 1.80 bits per heavy atom. The number of amides is 1. The Labute approximate surface area is 157 Å². The van der Waals surface area contributed by atoms with E-state index in [2.05, 4.69) is 39.7 Å². The molecule has 6 heteroatoms. The number of halogens is 1. The van der Waals surface area contributed by atoms with Gasteiger partial charge in [-0.05, 0) is 35.0 Å². The van der Waals surface area contributed by atoms with E-state index in [9.17, 15) is 4.79 Å². The van der Waals surface area contributed by atoms with E-state index < -0.39 is 0 Å². The van der Waals surface area contributed by atoms with Crippen molar-refractivity contribution in [1.82, 2.24) is 14.9 Å². The number of aromatic nitrogens is 2. The summed E-state index contributed by atoms with van der Waals surface area (Å²) in [4.78, 5) is 26.1. The SMILES string of the molecule is Cc1cc(N2CCN(C(=O)c3ccccc3Br)CC2)nc(C(C)C)n1. The number of carbonyl (C=O) groups excluding carboxylic acids is 1. The Kier molecular flexibility index (Phi) is 5.37. The van der Waals surface area contributed by atoms with E-state index in [0.717, 1.165) is 40.5 Å². The monoisotopic (exact) mass is 402 g/mol. The highest BCUT2D eigenvalue weighted by molar-refractivity contribution is 9.10. The molecular formula is C19H23BrN4O. The molecule has 0 radical (unpaired) electrons. The maximum absolute atomic E-state index is 12.7. The van der Waals surface area contributed by atoms with Crippen LogP contribution in [0.1, 0.15) is 41.6 Å². The first kappa shape index (κ1) is 17.9. The van der Waals surface area contributed by atoms with Gasteiger partial charge < -0.3 is 9.80 Å². The Morgan fingerprint density at radius 3 is 2.44 bits per heavy atom. The summed E-state index contributed by atoms with van der Waals surface area (Å²) < 4.78 is 0.843. The van der Waals surface area contributed by atoms with Crippen molar-refractivity contribution < 1.29 is 4.79 Å². The van der Waals surface area contributed by atoms with E-state index in [4.69, 9.17) is 4.98 Å². The standard InChI is InChI=1S/C19H23BrN4O/c1-13(2)18-21-14(3)12-17(22-18)23-8-10-24(11-9-23)19(25)15-6-4-5-7-16(15)20/h4-7,12-13H,8-11H2,1-3H3. The first-order chi connectivity index (χ1) is 12.0. The molecule has 1 aliphatic rings. The molecule has 3 rings (SSSR count). The highest BCUT2D eigenvalue weighted by Gasteiger charge is 2.24. The largest absolute Gasteiger partial charge is 0.353 e. The van der Waals surface area contributed by atoms with Gasteiger partial charge in [0, 0.05) is 48.3 Å². The van der Waals surface area contributed by atoms with Gasteiger partial charge in [0.15, 0.2) is 0 Å². The maximum atomic E-state index is 12.7. The number of hydrogen-bond acceptors (Lipinski definition) is 4. The fourth-order valence-electron chi connectivity index (χ4n) is 2.94. The lowest BCUT2D eigenvalue weighted by molar-refractivity contribution is 0.0745. The van der Waals surface area contributed by atoms with E-state index in [1.54, 1.807) is 0 Å². The molecule has 0 aliphatic carbocycles. The average Bonchev–Trinajstić information content (AvgIpc) is 2.61. The molecule has 1 aromatic heterocycles. The van der Waals surface area contributed by atoms with E-state index in [0.29, 0.717) is 19.0 Å². The summed E-state index contributed by atoms with van der Waals surface area (Å²) in [7, 11) is 0. The third-order valence-electron chi connectivity index (χ3n) is 4.37. The van der Waals surface area contributed by atoms with Crippen LogP contribution in [0, 0.1) is 6.92 Å². The minimum absolute atomic E-state index is 0.0777. The second-order valence-electron chi connectivity index (χ2n) is 6.64. The minimum Gasteiger partial charge on any atom is -0.353 e. The number of hydrogen-bond donors (Lipinski definition) is 0. The lowest BCUT2D eigenvalue weighted by Gasteiger charge is -2.35. The molecule has 5 nitrogen and oxygen atoms in total. The van der Waals surface area contributed by atoms with Gasteiger partial charge in [0.2, 0.25) is 0 Å². The van der Waals surface area contributed by atoms with Crippen LogP contribution < -0.4 is 4.90 Å². The molecule has 1 aliphatic heterocycles. The number of nitrogens with zero attached hydrogens (tertiary/aromatic N) is 4. The van der Waals surface area contributed by atoms with Crippen LogP contribution in [0.2, 0.25) is 0 Å². The molecule has 0 unspecified atom stereocenters. The minimum atomic E-state index is 0.0777. The molecule has 0 N–H and O–H groups in total. The zero-order valence-electron chi connectivity index (χ0n) is 14.9. The fraction of sp³-hybridized carbons (Fsp3) is 0.421. The third-order valence-corrected chi connectivity index (χ3v) is 5.06. The average molecular weight is 403 g/mol. The summed E-state index contributed by atoms with van der Waals surface area (Å²) in [6.45, 7) is 9.17. The van der Waals surface area contributed by atoms with Crippen LogP contribution in [-0.2, 0) is 0 Å². The molecule has 1 saturated heterocycles. The van der Waals surface area contributed by atoms with Gasteiger partial charge in [-0.15, -0.1) is 0 Å². The summed E-state index contributed by atoms with van der Waals surface area (Å²) in [6.07, 6.45) is 0. The van der Waals surface area contributed by atoms with Crippen molar-refractivity contribution in [3.8, 4) is 0 Å². The van der Waals surface area contributed by atoms with Crippen LogP contribution >= 0.6 is 15.9 Å². The Morgan fingerprint density at radius 1 is 1.12 bits per heavy atom. The Bertz CT molecular complexity index is 770. The van der Waals surface area contributed by atoms with Gasteiger partial charge >= 0.3 is 0 Å². The molecule has 0 saturated carbocycles. The van der Waals surface area contributed by atoms with E-state index in [1.807, 2.05) is 42.2 Å². The molecule has 0 bridgehead atoms. The van der Waals surface area contributed by atoms with Crippen molar-refractivity contribution in [2.75, 3.05) is 31.1 Å². The van der Waals surface area contributed by atoms with Crippen LogP contribution in [-0.4, -0.2) is 47.0 Å². The normalized spacial score (nSPS) is 14.9. The summed E-state index contributed by atoms with van der Waals surface area (Å²) in [5.41, 5.74) is 1.70. The fourth-order valence-corrected chi connectivity index (χ4v) is 3.39. The number of benzene rings is 1. The van der Waals surface area contributed by atoms with E-state index in [-0.39, 0.29) is 5.91 Å². The molecule has 25 heavy (non-hydrogen) atoms. The predicted octanol–water partition coefficient (Wildman–Crippen LogP) is 3.63. The van der Waals surface area contributed by atoms with Crippen molar-refractivity contribution in [3.05, 3.63) is 51.9 Å². The summed E-state index contributed by atoms with van der Waals surface area (Å²) in [5.74, 6) is 2.22. The molecule has 2 aromatic rings. The smallest absolute Gasteiger partial charge is 0.255 e. The van der Waals surface area contributed by atoms with Gasteiger partial charge in [0.05, 0.1) is 5.56 Å². The van der Waals surface area contributed by atoms with Gasteiger partial charge in [-0.25, -0.2) is 9.97 Å². The zero-order valence-corrected chi connectivity index (χ0v) is 16.5. The molecule has 1 aromatic carbocycles. The van der Waals surface area contributed by atoms with E-state index in [1.165, 1.54) is 0 Å². The molecule has 2 heterocycles. The maximum Gasteiger partial charge on any atom is 0.255 e. The number of piperazine rings is 1. The van der Waals surface area contributed by atoms with E-state index >= 15 is 0 Å². The summed E-state index contributed by atoms with van der Waals surface area (Å²) >= 11 is 3.47. The van der Waals surface area contributed by atoms with Crippen molar-refractivity contribution >= 4 is 27.7 Å². The van der Waals surface area contributed by atoms with Gasteiger partial charge in [0.25, 0.3) is 5.91 Å². The number of carbonyl (C=O) groups is 1. The molecule has 0 spiro atoms. The van der Waals surface area contributed by atoms with Crippen LogP contribution in [0.15, 0.2) is 34.8 Å². The number of rotatable bonds is 3. The summed E-state index contributed by atoms with van der Waals surface area (Å²) in [6, 6.07) is 9.60. The molecule has 132 valence electrons. The molecule has 1 amide bonds.